The Morgan fingerprint density at radius 2 is 1.85 bits per heavy atom. The minimum Gasteiger partial charge on any atom is -0.406 e. The number of nitrogens with zero attached hydrogens (tertiary/aromatic N) is 2. The van der Waals surface area contributed by atoms with Crippen molar-refractivity contribution in [3.63, 3.8) is 0 Å². The molecule has 1 N–H and O–H groups in total. The Bertz CT molecular complexity index is 508. The number of aryl methyl sites for hydroxylation is 2. The Balaban J connectivity index is 2.25. The number of hydrogen-bond acceptors (Lipinski definition) is 6. The summed E-state index contributed by atoms with van der Waals surface area (Å²) >= 11 is 0. The number of esters is 2. The first-order valence-corrected chi connectivity index (χ1v) is 6.83. The fourth-order valence-corrected chi connectivity index (χ4v) is 2.23. The molecule has 110 valence electrons. The second-order valence-corrected chi connectivity index (χ2v) is 4.43. The van der Waals surface area contributed by atoms with Gasteiger partial charge in [0.1, 0.15) is 12.2 Å². The Morgan fingerprint density at radius 1 is 1.20 bits per heavy atom. The van der Waals surface area contributed by atoms with E-state index in [1.165, 1.54) is 0 Å². The smallest absolute Gasteiger partial charge is 0.330 e. The quantitative estimate of drug-likeness (QED) is 0.645. The van der Waals surface area contributed by atoms with Crippen LogP contribution in [0.5, 0.6) is 0 Å². The monoisotopic (exact) mass is 281 g/mol. The molecule has 1 aromatic rings. The van der Waals surface area contributed by atoms with Crippen molar-refractivity contribution in [2.75, 3.05) is 5.32 Å². The van der Waals surface area contributed by atoms with Crippen molar-refractivity contribution in [1.82, 2.24) is 9.78 Å². The standard InChI is InChI=1S/C13H19N3O4/c1-4-8-9(5-2)15-16(6-3)12(8)14-13-19-10(17)7-11(18)20-13/h13-14H,4-7H2,1-3H3. The van der Waals surface area contributed by atoms with Crippen LogP contribution < -0.4 is 5.32 Å². The fraction of sp³-hybridized carbons (Fsp3) is 0.615. The first-order chi connectivity index (χ1) is 9.58. The Morgan fingerprint density at radius 3 is 2.35 bits per heavy atom. The second kappa shape index (κ2) is 5.94. The number of hydrogen-bond donors (Lipinski definition) is 1. The molecule has 1 fully saturated rings. The number of aromatic nitrogens is 2. The van der Waals surface area contributed by atoms with Gasteiger partial charge < -0.3 is 14.8 Å². The lowest BCUT2D eigenvalue weighted by molar-refractivity contribution is -0.197. The van der Waals surface area contributed by atoms with E-state index in [2.05, 4.69) is 10.4 Å². The highest BCUT2D eigenvalue weighted by Gasteiger charge is 2.29. The van der Waals surface area contributed by atoms with Crippen LogP contribution in [0, 0.1) is 0 Å². The summed E-state index contributed by atoms with van der Waals surface area (Å²) in [6.07, 6.45) is 0.183. The van der Waals surface area contributed by atoms with Gasteiger partial charge in [0.05, 0.1) is 5.69 Å². The third-order valence-electron chi connectivity index (χ3n) is 3.14. The SMILES string of the molecule is CCc1nn(CC)c(NC2OC(=O)CC(=O)O2)c1CC. The number of ether oxygens (including phenoxy) is 2. The van der Waals surface area contributed by atoms with Gasteiger partial charge in [0.25, 0.3) is 0 Å². The Hall–Kier alpha value is -2.05. The minimum atomic E-state index is -1.08. The normalized spacial score (nSPS) is 15.9. The predicted octanol–water partition coefficient (Wildman–Crippen LogP) is 1.21. The van der Waals surface area contributed by atoms with Gasteiger partial charge >= 0.3 is 18.4 Å². The van der Waals surface area contributed by atoms with E-state index in [0.29, 0.717) is 6.54 Å². The van der Waals surface area contributed by atoms with Gasteiger partial charge in [-0.15, -0.1) is 0 Å². The number of cyclic esters (lactones) is 2. The van der Waals surface area contributed by atoms with E-state index in [9.17, 15) is 9.59 Å². The van der Waals surface area contributed by atoms with E-state index in [1.54, 1.807) is 4.68 Å². The summed E-state index contributed by atoms with van der Waals surface area (Å²) in [5.41, 5.74) is 2.04. The maximum absolute atomic E-state index is 11.3. The average Bonchev–Trinajstić information content (AvgIpc) is 2.74. The molecule has 1 aliphatic heterocycles. The molecule has 0 aliphatic carbocycles. The van der Waals surface area contributed by atoms with Crippen molar-refractivity contribution in [2.45, 2.75) is 53.0 Å². The fourth-order valence-electron chi connectivity index (χ4n) is 2.23. The summed E-state index contributed by atoms with van der Waals surface area (Å²) in [5, 5.41) is 7.44. The molecule has 0 aromatic carbocycles. The first-order valence-electron chi connectivity index (χ1n) is 6.83. The van der Waals surface area contributed by atoms with Gasteiger partial charge in [0.2, 0.25) is 0 Å². The van der Waals surface area contributed by atoms with Crippen LogP contribution in [0.3, 0.4) is 0 Å². The van der Waals surface area contributed by atoms with Crippen LogP contribution >= 0.6 is 0 Å². The molecule has 0 amide bonds. The van der Waals surface area contributed by atoms with Crippen LogP contribution in [0.1, 0.15) is 38.4 Å². The van der Waals surface area contributed by atoms with Crippen molar-refractivity contribution >= 4 is 17.8 Å². The largest absolute Gasteiger partial charge is 0.406 e. The molecule has 0 atom stereocenters. The van der Waals surface area contributed by atoms with Gasteiger partial charge in [-0.3, -0.25) is 9.59 Å². The number of anilines is 1. The maximum Gasteiger partial charge on any atom is 0.330 e. The molecule has 7 nitrogen and oxygen atoms in total. The van der Waals surface area contributed by atoms with E-state index < -0.39 is 18.4 Å². The molecule has 0 bridgehead atoms. The van der Waals surface area contributed by atoms with Gasteiger partial charge in [-0.1, -0.05) is 13.8 Å². The summed E-state index contributed by atoms with van der Waals surface area (Å²) in [6.45, 7) is 6.70. The van der Waals surface area contributed by atoms with Crippen LogP contribution in [0.15, 0.2) is 0 Å². The van der Waals surface area contributed by atoms with E-state index >= 15 is 0 Å². The van der Waals surface area contributed by atoms with Crippen LogP contribution in [0.25, 0.3) is 0 Å². The number of rotatable bonds is 5. The highest BCUT2D eigenvalue weighted by atomic mass is 16.7. The van der Waals surface area contributed by atoms with Gasteiger partial charge in [0, 0.05) is 12.1 Å². The highest BCUT2D eigenvalue weighted by molar-refractivity contribution is 5.92. The van der Waals surface area contributed by atoms with E-state index in [1.807, 2.05) is 20.8 Å². The predicted molar refractivity (Wildman–Crippen MR) is 70.9 cm³/mol. The van der Waals surface area contributed by atoms with E-state index in [-0.39, 0.29) is 6.42 Å². The topological polar surface area (TPSA) is 82.5 Å². The lowest BCUT2D eigenvalue weighted by Crippen LogP contribution is -2.38. The lowest BCUT2D eigenvalue weighted by atomic mass is 10.1. The molecular weight excluding hydrogens is 262 g/mol. The van der Waals surface area contributed by atoms with E-state index in [0.717, 1.165) is 29.9 Å². The number of carbonyl (C=O) groups is 2. The van der Waals surface area contributed by atoms with Gasteiger partial charge in [-0.2, -0.15) is 5.10 Å². The molecule has 1 saturated heterocycles. The molecule has 2 heterocycles. The third-order valence-corrected chi connectivity index (χ3v) is 3.14. The highest BCUT2D eigenvalue weighted by Crippen LogP contribution is 2.23. The Kier molecular flexibility index (Phi) is 4.26. The molecule has 0 radical (unpaired) electrons. The summed E-state index contributed by atoms with van der Waals surface area (Å²) in [7, 11) is 0. The average molecular weight is 281 g/mol. The number of carbonyl (C=O) groups excluding carboxylic acids is 2. The summed E-state index contributed by atoms with van der Waals surface area (Å²) in [4.78, 5) is 22.5. The van der Waals surface area contributed by atoms with Gasteiger partial charge in [0.15, 0.2) is 0 Å². The lowest BCUT2D eigenvalue weighted by Gasteiger charge is -2.24. The third kappa shape index (κ3) is 2.76. The molecule has 0 saturated carbocycles. The molecule has 7 heteroatoms. The second-order valence-electron chi connectivity index (χ2n) is 4.43. The van der Waals surface area contributed by atoms with E-state index in [4.69, 9.17) is 9.47 Å². The Labute approximate surface area is 117 Å². The molecule has 1 aromatic heterocycles. The van der Waals surface area contributed by atoms with Gasteiger partial charge in [-0.25, -0.2) is 4.68 Å². The molecule has 20 heavy (non-hydrogen) atoms. The maximum atomic E-state index is 11.3. The minimum absolute atomic E-state index is 0.341. The van der Waals surface area contributed by atoms with Crippen molar-refractivity contribution < 1.29 is 19.1 Å². The first kappa shape index (κ1) is 14.4. The number of nitrogens with one attached hydrogen (secondary N) is 1. The summed E-state index contributed by atoms with van der Waals surface area (Å²) in [6, 6.07) is 0. The molecule has 0 unspecified atom stereocenters. The zero-order chi connectivity index (χ0) is 14.7. The summed E-state index contributed by atoms with van der Waals surface area (Å²) in [5.74, 6) is -0.440. The van der Waals surface area contributed by atoms with Gasteiger partial charge in [-0.05, 0) is 19.8 Å². The van der Waals surface area contributed by atoms with Crippen molar-refractivity contribution in [3.8, 4) is 0 Å². The zero-order valence-electron chi connectivity index (χ0n) is 11.9. The van der Waals surface area contributed by atoms with Crippen molar-refractivity contribution in [1.29, 1.82) is 0 Å². The van der Waals surface area contributed by atoms with Crippen molar-refractivity contribution in [2.24, 2.45) is 0 Å². The van der Waals surface area contributed by atoms with Crippen LogP contribution in [0.2, 0.25) is 0 Å². The zero-order valence-corrected chi connectivity index (χ0v) is 11.9. The molecular formula is C13H19N3O4. The molecule has 1 aliphatic rings. The van der Waals surface area contributed by atoms with Crippen LogP contribution in [0.4, 0.5) is 5.82 Å². The van der Waals surface area contributed by atoms with Crippen LogP contribution in [-0.4, -0.2) is 28.1 Å². The molecule has 2 rings (SSSR count). The summed E-state index contributed by atoms with van der Waals surface area (Å²) < 4.78 is 11.7. The van der Waals surface area contributed by atoms with Crippen LogP contribution in [-0.2, 0) is 38.4 Å². The molecule has 0 spiro atoms. The van der Waals surface area contributed by atoms with Crippen molar-refractivity contribution in [3.05, 3.63) is 11.3 Å².